The Labute approximate surface area is 148 Å². The zero-order valence-electron chi connectivity index (χ0n) is 14.4. The molecule has 2 bridgehead atoms. The second-order valence-electron chi connectivity index (χ2n) is 6.98. The highest BCUT2D eigenvalue weighted by atomic mass is 16.5. The smallest absolute Gasteiger partial charge is 0.166 e. The van der Waals surface area contributed by atoms with Crippen LogP contribution in [0, 0.1) is 5.92 Å². The van der Waals surface area contributed by atoms with E-state index in [1.807, 2.05) is 54.6 Å². The molecule has 0 aliphatic carbocycles. The van der Waals surface area contributed by atoms with Crippen molar-refractivity contribution in [3.05, 3.63) is 60.2 Å². The molecule has 2 heterocycles. The molecule has 2 aliphatic rings. The summed E-state index contributed by atoms with van der Waals surface area (Å²) in [6.07, 6.45) is 1.77. The van der Waals surface area contributed by atoms with Gasteiger partial charge in [0.2, 0.25) is 0 Å². The molecule has 2 unspecified atom stereocenters. The molecule has 2 aromatic rings. The molecule has 25 heavy (non-hydrogen) atoms. The summed E-state index contributed by atoms with van der Waals surface area (Å²) in [5, 5.41) is 0. The van der Waals surface area contributed by atoms with Crippen molar-refractivity contribution in [1.82, 2.24) is 4.90 Å². The third-order valence-corrected chi connectivity index (χ3v) is 5.37. The number of ketones is 1. The average Bonchev–Trinajstić information content (AvgIpc) is 2.62. The van der Waals surface area contributed by atoms with E-state index < -0.39 is 0 Å². The second kappa shape index (κ2) is 6.98. The van der Waals surface area contributed by atoms with Gasteiger partial charge in [0.05, 0.1) is 13.2 Å². The van der Waals surface area contributed by atoms with Gasteiger partial charge in [-0.3, -0.25) is 9.69 Å². The minimum Gasteiger partial charge on any atom is -0.457 e. The maximum Gasteiger partial charge on any atom is 0.166 e. The van der Waals surface area contributed by atoms with Crippen LogP contribution >= 0.6 is 0 Å². The first kappa shape index (κ1) is 16.3. The van der Waals surface area contributed by atoms with Crippen LogP contribution in [0.2, 0.25) is 0 Å². The standard InChI is InChI=1S/C21H23NO3/c1-22-17-11-16(12-18(22)14-24-13-17)21(23)15-7-9-20(10-8-15)25-19-5-3-2-4-6-19/h2-10,16-18H,11-14H2,1H3. The first-order chi connectivity index (χ1) is 12.2. The molecule has 130 valence electrons. The van der Waals surface area contributed by atoms with Gasteiger partial charge in [-0.25, -0.2) is 0 Å². The van der Waals surface area contributed by atoms with E-state index >= 15 is 0 Å². The minimum atomic E-state index is 0.0935. The van der Waals surface area contributed by atoms with Crippen LogP contribution in [0.1, 0.15) is 23.2 Å². The number of hydrogen-bond acceptors (Lipinski definition) is 4. The van der Waals surface area contributed by atoms with E-state index in [1.54, 1.807) is 0 Å². The van der Waals surface area contributed by atoms with Crippen LogP contribution in [0.3, 0.4) is 0 Å². The van der Waals surface area contributed by atoms with Crippen LogP contribution in [0.4, 0.5) is 0 Å². The zero-order chi connectivity index (χ0) is 17.2. The molecule has 2 saturated heterocycles. The van der Waals surface area contributed by atoms with Crippen molar-refractivity contribution < 1.29 is 14.3 Å². The normalized spacial score (nSPS) is 26.2. The molecule has 2 aromatic carbocycles. The predicted molar refractivity (Wildman–Crippen MR) is 96.2 cm³/mol. The highest BCUT2D eigenvalue weighted by molar-refractivity contribution is 5.98. The molecule has 2 aliphatic heterocycles. The Morgan fingerprint density at radius 1 is 0.960 bits per heavy atom. The lowest BCUT2D eigenvalue weighted by atomic mass is 9.81. The number of carbonyl (C=O) groups is 1. The largest absolute Gasteiger partial charge is 0.457 e. The Balaban J connectivity index is 1.44. The van der Waals surface area contributed by atoms with E-state index in [1.165, 1.54) is 0 Å². The molecule has 0 amide bonds. The summed E-state index contributed by atoms with van der Waals surface area (Å²) in [4.78, 5) is 15.3. The van der Waals surface area contributed by atoms with Gasteiger partial charge in [0, 0.05) is 23.6 Å². The van der Waals surface area contributed by atoms with Gasteiger partial charge in [0.15, 0.2) is 5.78 Å². The number of likely N-dealkylation sites (N-methyl/N-ethyl adjacent to an activating group) is 1. The lowest BCUT2D eigenvalue weighted by molar-refractivity contribution is -0.0702. The monoisotopic (exact) mass is 337 g/mol. The van der Waals surface area contributed by atoms with Crippen molar-refractivity contribution in [2.75, 3.05) is 20.3 Å². The maximum atomic E-state index is 12.9. The number of morpholine rings is 1. The van der Waals surface area contributed by atoms with E-state index in [9.17, 15) is 4.79 Å². The Hall–Kier alpha value is -2.17. The Morgan fingerprint density at radius 3 is 2.20 bits per heavy atom. The molecule has 0 aromatic heterocycles. The van der Waals surface area contributed by atoms with Gasteiger partial charge in [0.25, 0.3) is 0 Å². The van der Waals surface area contributed by atoms with Gasteiger partial charge in [-0.2, -0.15) is 0 Å². The number of Topliss-reactive ketones (excluding diaryl/α,β-unsaturated/α-hetero) is 1. The summed E-state index contributed by atoms with van der Waals surface area (Å²) in [6, 6.07) is 17.9. The third-order valence-electron chi connectivity index (χ3n) is 5.37. The minimum absolute atomic E-state index is 0.0935. The van der Waals surface area contributed by atoms with Crippen molar-refractivity contribution in [3.63, 3.8) is 0 Å². The number of fused-ring (bicyclic) bond motifs is 2. The molecule has 0 N–H and O–H groups in total. The van der Waals surface area contributed by atoms with Gasteiger partial charge in [0.1, 0.15) is 11.5 Å². The molecule has 0 saturated carbocycles. The molecule has 2 fully saturated rings. The summed E-state index contributed by atoms with van der Waals surface area (Å²) < 4.78 is 11.4. The number of rotatable bonds is 4. The van der Waals surface area contributed by atoms with E-state index in [0.29, 0.717) is 12.1 Å². The topological polar surface area (TPSA) is 38.8 Å². The fourth-order valence-electron chi connectivity index (χ4n) is 3.86. The van der Waals surface area contributed by atoms with Gasteiger partial charge >= 0.3 is 0 Å². The number of nitrogens with zero attached hydrogens (tertiary/aromatic N) is 1. The van der Waals surface area contributed by atoms with Crippen LogP contribution in [0.25, 0.3) is 0 Å². The van der Waals surface area contributed by atoms with E-state index in [2.05, 4.69) is 11.9 Å². The molecule has 0 spiro atoms. The Bertz CT molecular complexity index is 715. The summed E-state index contributed by atoms with van der Waals surface area (Å²) in [6.45, 7) is 1.47. The highest BCUT2D eigenvalue weighted by Gasteiger charge is 2.39. The van der Waals surface area contributed by atoms with Crippen LogP contribution in [0.5, 0.6) is 11.5 Å². The maximum absolute atomic E-state index is 12.9. The molecular formula is C21H23NO3. The number of benzene rings is 2. The predicted octanol–water partition coefficient (Wildman–Crippen LogP) is 3.77. The first-order valence-electron chi connectivity index (χ1n) is 8.87. The van der Waals surface area contributed by atoms with Crippen LogP contribution in [-0.4, -0.2) is 43.0 Å². The summed E-state index contributed by atoms with van der Waals surface area (Å²) in [5.74, 6) is 1.88. The van der Waals surface area contributed by atoms with Crippen LogP contribution < -0.4 is 4.74 Å². The van der Waals surface area contributed by atoms with Crippen molar-refractivity contribution in [1.29, 1.82) is 0 Å². The van der Waals surface area contributed by atoms with Crippen molar-refractivity contribution in [3.8, 4) is 11.5 Å². The Morgan fingerprint density at radius 2 is 1.56 bits per heavy atom. The summed E-state index contributed by atoms with van der Waals surface area (Å²) >= 11 is 0. The van der Waals surface area contributed by atoms with Crippen molar-refractivity contribution in [2.24, 2.45) is 5.92 Å². The quantitative estimate of drug-likeness (QED) is 0.796. The molecule has 0 radical (unpaired) electrons. The lowest BCUT2D eigenvalue weighted by Gasteiger charge is -2.46. The number of para-hydroxylation sites is 1. The SMILES string of the molecule is CN1C2COCC1CC(C(=O)c1ccc(Oc3ccccc3)cc1)C2. The number of ether oxygens (including phenoxy) is 2. The second-order valence-corrected chi connectivity index (χ2v) is 6.98. The van der Waals surface area contributed by atoms with Gasteiger partial charge in [-0.15, -0.1) is 0 Å². The van der Waals surface area contributed by atoms with Crippen LogP contribution in [-0.2, 0) is 4.74 Å². The number of hydrogen-bond donors (Lipinski definition) is 0. The van der Waals surface area contributed by atoms with Gasteiger partial charge < -0.3 is 9.47 Å². The summed E-state index contributed by atoms with van der Waals surface area (Å²) in [5.41, 5.74) is 0.772. The van der Waals surface area contributed by atoms with E-state index in [4.69, 9.17) is 9.47 Å². The third kappa shape index (κ3) is 3.46. The first-order valence-corrected chi connectivity index (χ1v) is 8.87. The Kier molecular flexibility index (Phi) is 4.55. The molecule has 4 nitrogen and oxygen atoms in total. The van der Waals surface area contributed by atoms with Crippen LogP contribution in [0.15, 0.2) is 54.6 Å². The van der Waals surface area contributed by atoms with E-state index in [0.717, 1.165) is 43.1 Å². The van der Waals surface area contributed by atoms with Gasteiger partial charge in [-0.05, 0) is 56.3 Å². The molecule has 4 heteroatoms. The number of piperidine rings is 1. The highest BCUT2D eigenvalue weighted by Crippen LogP contribution is 2.32. The fourth-order valence-corrected chi connectivity index (χ4v) is 3.86. The fraction of sp³-hybridized carbons (Fsp3) is 0.381. The van der Waals surface area contributed by atoms with Crippen molar-refractivity contribution in [2.45, 2.75) is 24.9 Å². The lowest BCUT2D eigenvalue weighted by Crippen LogP contribution is -2.55. The number of carbonyl (C=O) groups excluding carboxylic acids is 1. The molecular weight excluding hydrogens is 314 g/mol. The zero-order valence-corrected chi connectivity index (χ0v) is 14.4. The molecule has 2 atom stereocenters. The van der Waals surface area contributed by atoms with E-state index in [-0.39, 0.29) is 11.7 Å². The van der Waals surface area contributed by atoms with Crippen molar-refractivity contribution >= 4 is 5.78 Å². The average molecular weight is 337 g/mol. The van der Waals surface area contributed by atoms with Gasteiger partial charge in [-0.1, -0.05) is 18.2 Å². The molecule has 4 rings (SSSR count). The summed E-state index contributed by atoms with van der Waals surface area (Å²) in [7, 11) is 2.15.